The molecule has 0 radical (unpaired) electrons. The Labute approximate surface area is 110 Å². The van der Waals surface area contributed by atoms with Crippen molar-refractivity contribution in [1.82, 2.24) is 0 Å². The average molecular weight is 291 g/mol. The highest BCUT2D eigenvalue weighted by Crippen LogP contribution is 2.16. The van der Waals surface area contributed by atoms with Crippen LogP contribution in [0.1, 0.15) is 6.92 Å². The largest absolute Gasteiger partial charge is 0.463 e. The summed E-state index contributed by atoms with van der Waals surface area (Å²) in [6, 6.07) is 5.45. The molecule has 0 saturated carbocycles. The third-order valence-electron chi connectivity index (χ3n) is 1.78. The van der Waals surface area contributed by atoms with Gasteiger partial charge in [-0.15, -0.1) is 0 Å². The van der Waals surface area contributed by atoms with Crippen molar-refractivity contribution in [3.63, 3.8) is 0 Å². The Balaban J connectivity index is 2.71. The van der Waals surface area contributed by atoms with Crippen LogP contribution in [-0.4, -0.2) is 21.0 Å². The van der Waals surface area contributed by atoms with Gasteiger partial charge in [0, 0.05) is 5.02 Å². The number of rotatable bonds is 5. The molecule has 0 aliphatic heterocycles. The highest BCUT2D eigenvalue weighted by atomic mass is 35.5. The molecule has 0 aliphatic rings. The maximum Gasteiger partial charge on any atom is 0.338 e. The van der Waals surface area contributed by atoms with Crippen LogP contribution in [0.3, 0.4) is 0 Å². The van der Waals surface area contributed by atoms with E-state index in [4.69, 9.17) is 11.6 Å². The van der Waals surface area contributed by atoms with Crippen molar-refractivity contribution in [2.24, 2.45) is 0 Å². The van der Waals surface area contributed by atoms with Gasteiger partial charge in [0.15, 0.2) is 0 Å². The normalized spacial score (nSPS) is 11.4. The van der Waals surface area contributed by atoms with Gasteiger partial charge in [-0.25, -0.2) is 4.79 Å². The second kappa shape index (κ2) is 6.42. The lowest BCUT2D eigenvalue weighted by Gasteiger charge is -2.02. The maximum atomic E-state index is 11.6. The van der Waals surface area contributed by atoms with Crippen LogP contribution in [0.25, 0.3) is 0 Å². The first kappa shape index (κ1) is 14.5. The lowest BCUT2D eigenvalue weighted by molar-refractivity contribution is -0.137. The number of hydrogen-bond acceptors (Lipinski definition) is 5. The van der Waals surface area contributed by atoms with Crippen molar-refractivity contribution in [3.05, 3.63) is 41.6 Å². The summed E-state index contributed by atoms with van der Waals surface area (Å²) in [6.45, 7) is 1.84. The molecule has 0 unspecified atom stereocenters. The number of halogens is 1. The Morgan fingerprint density at radius 2 is 1.94 bits per heavy atom. The molecule has 7 heteroatoms. The summed E-state index contributed by atoms with van der Waals surface area (Å²) < 4.78 is 32.3. The number of carbonyl (C=O) groups is 1. The van der Waals surface area contributed by atoms with Gasteiger partial charge in [-0.2, -0.15) is 8.42 Å². The monoisotopic (exact) mass is 290 g/mol. The van der Waals surface area contributed by atoms with E-state index in [0.717, 1.165) is 12.3 Å². The maximum absolute atomic E-state index is 11.6. The molecule has 98 valence electrons. The molecule has 18 heavy (non-hydrogen) atoms. The summed E-state index contributed by atoms with van der Waals surface area (Å²) in [5, 5.41) is 0.413. The minimum Gasteiger partial charge on any atom is -0.463 e. The zero-order valence-corrected chi connectivity index (χ0v) is 11.1. The Kier molecular flexibility index (Phi) is 5.18. The molecule has 0 atom stereocenters. The van der Waals surface area contributed by atoms with Gasteiger partial charge in [-0.3, -0.25) is 0 Å². The Bertz CT molecular complexity index is 533. The molecule has 1 aromatic carbocycles. The molecule has 5 nitrogen and oxygen atoms in total. The Hall–Kier alpha value is -1.53. The van der Waals surface area contributed by atoms with E-state index >= 15 is 0 Å². The van der Waals surface area contributed by atoms with Crippen molar-refractivity contribution in [1.29, 1.82) is 0 Å². The molecule has 0 saturated heterocycles. The fourth-order valence-electron chi connectivity index (χ4n) is 1.00. The lowest BCUT2D eigenvalue weighted by Crippen LogP contribution is -2.04. The van der Waals surface area contributed by atoms with E-state index in [0.29, 0.717) is 5.02 Å². The van der Waals surface area contributed by atoms with E-state index in [-0.39, 0.29) is 11.5 Å². The molecule has 0 bridgehead atoms. The van der Waals surface area contributed by atoms with Crippen LogP contribution >= 0.6 is 11.6 Å². The van der Waals surface area contributed by atoms with Crippen molar-refractivity contribution in [2.75, 3.05) is 6.61 Å². The Morgan fingerprint density at radius 3 is 2.50 bits per heavy atom. The molecule has 0 amide bonds. The highest BCUT2D eigenvalue weighted by Gasteiger charge is 2.13. The smallest absolute Gasteiger partial charge is 0.338 e. The second-order valence-electron chi connectivity index (χ2n) is 3.06. The van der Waals surface area contributed by atoms with Gasteiger partial charge in [-0.05, 0) is 31.2 Å². The number of carbonyl (C=O) groups excluding carboxylic acids is 1. The zero-order chi connectivity index (χ0) is 13.6. The molecule has 1 aromatic rings. The van der Waals surface area contributed by atoms with Crippen LogP contribution in [0.4, 0.5) is 0 Å². The minimum absolute atomic E-state index is 0.0552. The third-order valence-corrected chi connectivity index (χ3v) is 3.24. The van der Waals surface area contributed by atoms with Gasteiger partial charge < -0.3 is 8.92 Å². The summed E-state index contributed by atoms with van der Waals surface area (Å²) in [5.41, 5.74) is 0. The number of ether oxygens (including phenoxy) is 1. The molecule has 0 aromatic heterocycles. The summed E-state index contributed by atoms with van der Waals surface area (Å²) in [7, 11) is -3.94. The molecule has 0 fully saturated rings. The summed E-state index contributed by atoms with van der Waals surface area (Å²) >= 11 is 5.63. The van der Waals surface area contributed by atoms with Crippen LogP contribution in [0.2, 0.25) is 5.02 Å². The highest BCUT2D eigenvalue weighted by molar-refractivity contribution is 7.86. The molecule has 1 rings (SSSR count). The first-order valence-corrected chi connectivity index (χ1v) is 6.76. The fourth-order valence-corrected chi connectivity index (χ4v) is 1.91. The average Bonchev–Trinajstić information content (AvgIpc) is 2.29. The molecule has 0 heterocycles. The molecule has 0 N–H and O–H groups in total. The van der Waals surface area contributed by atoms with Crippen molar-refractivity contribution in [2.45, 2.75) is 11.8 Å². The van der Waals surface area contributed by atoms with Crippen LogP contribution in [-0.2, 0) is 23.8 Å². The summed E-state index contributed by atoms with van der Waals surface area (Å²) in [6.07, 6.45) is 1.65. The van der Waals surface area contributed by atoms with Gasteiger partial charge in [0.1, 0.15) is 11.2 Å². The number of esters is 1. The summed E-state index contributed by atoms with van der Waals surface area (Å²) in [4.78, 5) is 10.9. The molecular weight excluding hydrogens is 280 g/mol. The number of hydrogen-bond donors (Lipinski definition) is 0. The molecule has 0 spiro atoms. The van der Waals surface area contributed by atoms with Crippen molar-refractivity contribution < 1.29 is 22.1 Å². The van der Waals surface area contributed by atoms with Gasteiger partial charge >= 0.3 is 16.1 Å². The first-order valence-electron chi connectivity index (χ1n) is 4.98. The topological polar surface area (TPSA) is 69.7 Å². The minimum atomic E-state index is -3.94. The van der Waals surface area contributed by atoms with E-state index in [1.54, 1.807) is 6.92 Å². The SMILES string of the molecule is CCOC(=O)/C=C\OS(=O)(=O)c1ccc(Cl)cc1. The van der Waals surface area contributed by atoms with Crippen molar-refractivity contribution >= 4 is 27.7 Å². The molecule has 0 aliphatic carbocycles. The van der Waals surface area contributed by atoms with Crippen LogP contribution in [0.5, 0.6) is 0 Å². The fraction of sp³-hybridized carbons (Fsp3) is 0.182. The predicted molar refractivity (Wildman–Crippen MR) is 65.5 cm³/mol. The predicted octanol–water partition coefficient (Wildman–Crippen LogP) is 2.12. The number of benzene rings is 1. The van der Waals surface area contributed by atoms with E-state index in [1.807, 2.05) is 0 Å². The van der Waals surface area contributed by atoms with Gasteiger partial charge in [-0.1, -0.05) is 11.6 Å². The van der Waals surface area contributed by atoms with Crippen LogP contribution in [0.15, 0.2) is 41.5 Å². The van der Waals surface area contributed by atoms with E-state index in [1.165, 1.54) is 24.3 Å². The zero-order valence-electron chi connectivity index (χ0n) is 9.50. The van der Waals surface area contributed by atoms with E-state index in [2.05, 4.69) is 8.92 Å². The molecular formula is C11H11ClO5S. The third kappa shape index (κ3) is 4.38. The van der Waals surface area contributed by atoms with E-state index < -0.39 is 16.1 Å². The van der Waals surface area contributed by atoms with Crippen molar-refractivity contribution in [3.8, 4) is 0 Å². The van der Waals surface area contributed by atoms with E-state index in [9.17, 15) is 13.2 Å². The van der Waals surface area contributed by atoms with Gasteiger partial charge in [0.05, 0.1) is 12.7 Å². The standard InChI is InChI=1S/C11H11ClO5S/c1-2-16-11(13)7-8-17-18(14,15)10-5-3-9(12)4-6-10/h3-8H,2H2,1H3/b8-7-. The van der Waals surface area contributed by atoms with Gasteiger partial charge in [0.25, 0.3) is 0 Å². The lowest BCUT2D eigenvalue weighted by atomic mass is 10.4. The first-order chi connectivity index (χ1) is 8.45. The second-order valence-corrected chi connectivity index (χ2v) is 5.07. The quantitative estimate of drug-likeness (QED) is 0.359. The summed E-state index contributed by atoms with van der Waals surface area (Å²) in [5.74, 6) is -0.677. The Morgan fingerprint density at radius 1 is 1.33 bits per heavy atom. The van der Waals surface area contributed by atoms with Crippen LogP contribution < -0.4 is 0 Å². The van der Waals surface area contributed by atoms with Gasteiger partial charge in [0.2, 0.25) is 0 Å². The van der Waals surface area contributed by atoms with Crippen LogP contribution in [0, 0.1) is 0 Å².